The highest BCUT2D eigenvalue weighted by Gasteiger charge is 2.15. The van der Waals surface area contributed by atoms with Gasteiger partial charge in [0.15, 0.2) is 4.34 Å². The Morgan fingerprint density at radius 2 is 2.00 bits per heavy atom. The van der Waals surface area contributed by atoms with Crippen molar-refractivity contribution >= 4 is 40.0 Å². The average molecular weight is 302 g/mol. The fourth-order valence-electron chi connectivity index (χ4n) is 1.81. The standard InChI is InChI=1S/C14H10N2O2S2/c1-8-12(13(17)18)20-14(15-8)19-11-7-6-9-4-2-3-5-10(9)16-11/h2-7H,1H3,(H,17,18). The van der Waals surface area contributed by atoms with E-state index in [0.29, 0.717) is 10.0 Å². The van der Waals surface area contributed by atoms with Crippen molar-refractivity contribution in [2.75, 3.05) is 0 Å². The number of aryl methyl sites for hydroxylation is 1. The molecule has 0 unspecified atom stereocenters. The molecule has 0 aliphatic rings. The maximum absolute atomic E-state index is 11.0. The fourth-order valence-corrected chi connectivity index (χ4v) is 3.76. The largest absolute Gasteiger partial charge is 0.477 e. The molecule has 3 aromatic rings. The van der Waals surface area contributed by atoms with Crippen molar-refractivity contribution in [2.24, 2.45) is 0 Å². The highest BCUT2D eigenvalue weighted by Crippen LogP contribution is 2.32. The Bertz CT molecular complexity index is 799. The topological polar surface area (TPSA) is 63.1 Å². The van der Waals surface area contributed by atoms with E-state index in [1.165, 1.54) is 23.1 Å². The predicted octanol–water partition coefficient (Wildman–Crippen LogP) is 3.85. The lowest BCUT2D eigenvalue weighted by molar-refractivity contribution is 0.0701. The number of nitrogens with zero attached hydrogens (tertiary/aromatic N) is 2. The minimum Gasteiger partial charge on any atom is -0.477 e. The maximum Gasteiger partial charge on any atom is 0.347 e. The fraction of sp³-hybridized carbons (Fsp3) is 0.0714. The lowest BCUT2D eigenvalue weighted by atomic mass is 10.2. The van der Waals surface area contributed by atoms with Crippen LogP contribution in [0.5, 0.6) is 0 Å². The molecule has 0 amide bonds. The first-order valence-electron chi connectivity index (χ1n) is 5.88. The number of fused-ring (bicyclic) bond motifs is 1. The molecular weight excluding hydrogens is 292 g/mol. The second kappa shape index (κ2) is 5.22. The summed E-state index contributed by atoms with van der Waals surface area (Å²) in [5, 5.41) is 10.9. The Morgan fingerprint density at radius 1 is 1.20 bits per heavy atom. The van der Waals surface area contributed by atoms with Crippen molar-refractivity contribution in [3.05, 3.63) is 47.0 Å². The summed E-state index contributed by atoms with van der Waals surface area (Å²) < 4.78 is 0.697. The zero-order valence-electron chi connectivity index (χ0n) is 10.5. The molecule has 0 saturated heterocycles. The van der Waals surface area contributed by atoms with E-state index >= 15 is 0 Å². The van der Waals surface area contributed by atoms with Crippen LogP contribution in [0.15, 0.2) is 45.8 Å². The Labute approximate surface area is 123 Å². The minimum atomic E-state index is -0.932. The van der Waals surface area contributed by atoms with Gasteiger partial charge in [0.2, 0.25) is 0 Å². The van der Waals surface area contributed by atoms with E-state index in [4.69, 9.17) is 5.11 Å². The number of para-hydroxylation sites is 1. The molecule has 2 aromatic heterocycles. The summed E-state index contributed by atoms with van der Waals surface area (Å²) in [4.78, 5) is 20.1. The van der Waals surface area contributed by atoms with E-state index in [0.717, 1.165) is 15.9 Å². The zero-order valence-corrected chi connectivity index (χ0v) is 12.2. The van der Waals surface area contributed by atoms with Gasteiger partial charge in [-0.25, -0.2) is 14.8 Å². The Balaban J connectivity index is 1.92. The Morgan fingerprint density at radius 3 is 2.75 bits per heavy atom. The molecule has 0 radical (unpaired) electrons. The van der Waals surface area contributed by atoms with Gasteiger partial charge in [0, 0.05) is 5.39 Å². The second-order valence-corrected chi connectivity index (χ2v) is 6.41. The molecule has 0 bridgehead atoms. The zero-order chi connectivity index (χ0) is 14.1. The van der Waals surface area contributed by atoms with Gasteiger partial charge in [-0.1, -0.05) is 35.6 Å². The molecule has 0 atom stereocenters. The maximum atomic E-state index is 11.0. The number of rotatable bonds is 3. The lowest BCUT2D eigenvalue weighted by Gasteiger charge is -2.00. The van der Waals surface area contributed by atoms with Crippen LogP contribution in [-0.2, 0) is 0 Å². The van der Waals surface area contributed by atoms with Crippen molar-refractivity contribution in [1.82, 2.24) is 9.97 Å². The molecule has 1 N–H and O–H groups in total. The molecule has 6 heteroatoms. The Hall–Kier alpha value is -1.92. The van der Waals surface area contributed by atoms with Gasteiger partial charge in [-0.15, -0.1) is 0 Å². The molecule has 0 spiro atoms. The molecule has 4 nitrogen and oxygen atoms in total. The number of benzene rings is 1. The number of hydrogen-bond acceptors (Lipinski definition) is 5. The summed E-state index contributed by atoms with van der Waals surface area (Å²) in [7, 11) is 0. The van der Waals surface area contributed by atoms with Crippen LogP contribution >= 0.6 is 23.1 Å². The molecule has 100 valence electrons. The molecular formula is C14H10N2O2S2. The highest BCUT2D eigenvalue weighted by molar-refractivity contribution is 8.01. The lowest BCUT2D eigenvalue weighted by Crippen LogP contribution is -1.94. The van der Waals surface area contributed by atoms with Gasteiger partial charge < -0.3 is 5.11 Å². The van der Waals surface area contributed by atoms with E-state index < -0.39 is 5.97 Å². The number of aromatic carboxylic acids is 1. The van der Waals surface area contributed by atoms with Crippen molar-refractivity contribution < 1.29 is 9.90 Å². The predicted molar refractivity (Wildman–Crippen MR) is 79.7 cm³/mol. The first-order chi connectivity index (χ1) is 9.63. The molecule has 0 saturated carbocycles. The van der Waals surface area contributed by atoms with Crippen LogP contribution in [0, 0.1) is 6.92 Å². The highest BCUT2D eigenvalue weighted by atomic mass is 32.2. The van der Waals surface area contributed by atoms with E-state index in [-0.39, 0.29) is 4.88 Å². The van der Waals surface area contributed by atoms with Crippen LogP contribution in [0.3, 0.4) is 0 Å². The monoisotopic (exact) mass is 302 g/mol. The third-order valence-corrected chi connectivity index (χ3v) is 4.88. The van der Waals surface area contributed by atoms with Gasteiger partial charge in [0.1, 0.15) is 9.90 Å². The molecule has 0 aliphatic heterocycles. The van der Waals surface area contributed by atoms with E-state index in [1.807, 2.05) is 36.4 Å². The van der Waals surface area contributed by atoms with Crippen molar-refractivity contribution in [2.45, 2.75) is 16.3 Å². The number of pyridine rings is 1. The molecule has 1 aromatic carbocycles. The first-order valence-corrected chi connectivity index (χ1v) is 7.51. The van der Waals surface area contributed by atoms with E-state index in [2.05, 4.69) is 9.97 Å². The quantitative estimate of drug-likeness (QED) is 0.796. The van der Waals surface area contributed by atoms with Gasteiger partial charge in [-0.3, -0.25) is 0 Å². The summed E-state index contributed by atoms with van der Waals surface area (Å²) in [5.41, 5.74) is 1.47. The van der Waals surface area contributed by atoms with Crippen LogP contribution in [0.25, 0.3) is 10.9 Å². The molecule has 2 heterocycles. The smallest absolute Gasteiger partial charge is 0.347 e. The number of aromatic nitrogens is 2. The number of carbonyl (C=O) groups is 1. The summed E-state index contributed by atoms with van der Waals surface area (Å²) in [5.74, 6) is -0.932. The van der Waals surface area contributed by atoms with Gasteiger partial charge >= 0.3 is 5.97 Å². The first kappa shape index (κ1) is 13.1. The SMILES string of the molecule is Cc1nc(Sc2ccc3ccccc3n2)sc1C(=O)O. The van der Waals surface area contributed by atoms with Gasteiger partial charge in [0.05, 0.1) is 11.2 Å². The molecule has 0 aliphatic carbocycles. The van der Waals surface area contributed by atoms with Crippen LogP contribution in [0.2, 0.25) is 0 Å². The summed E-state index contributed by atoms with van der Waals surface area (Å²) >= 11 is 2.57. The van der Waals surface area contributed by atoms with Crippen molar-refractivity contribution in [3.8, 4) is 0 Å². The van der Waals surface area contributed by atoms with Gasteiger partial charge in [-0.05, 0) is 30.8 Å². The third-order valence-electron chi connectivity index (χ3n) is 2.74. The van der Waals surface area contributed by atoms with Gasteiger partial charge in [-0.2, -0.15) is 0 Å². The van der Waals surface area contributed by atoms with Crippen molar-refractivity contribution in [1.29, 1.82) is 0 Å². The summed E-state index contributed by atoms with van der Waals surface area (Å²) in [6, 6.07) is 11.8. The van der Waals surface area contributed by atoms with Crippen LogP contribution in [0.1, 0.15) is 15.4 Å². The van der Waals surface area contributed by atoms with Crippen LogP contribution in [-0.4, -0.2) is 21.0 Å². The molecule has 3 rings (SSSR count). The summed E-state index contributed by atoms with van der Waals surface area (Å²) in [6.07, 6.45) is 0. The van der Waals surface area contributed by atoms with E-state index in [9.17, 15) is 4.79 Å². The second-order valence-electron chi connectivity index (χ2n) is 4.14. The van der Waals surface area contributed by atoms with Crippen molar-refractivity contribution in [3.63, 3.8) is 0 Å². The molecule has 20 heavy (non-hydrogen) atoms. The normalized spacial score (nSPS) is 10.8. The van der Waals surface area contributed by atoms with Crippen LogP contribution in [0.4, 0.5) is 0 Å². The third kappa shape index (κ3) is 2.52. The van der Waals surface area contributed by atoms with Gasteiger partial charge in [0.25, 0.3) is 0 Å². The Kier molecular flexibility index (Phi) is 3.42. The number of carboxylic acid groups (broad SMARTS) is 1. The minimum absolute atomic E-state index is 0.285. The summed E-state index contributed by atoms with van der Waals surface area (Å²) in [6.45, 7) is 1.71. The van der Waals surface area contributed by atoms with Crippen LogP contribution < -0.4 is 0 Å². The number of thiazole rings is 1. The molecule has 0 fully saturated rings. The number of hydrogen-bond donors (Lipinski definition) is 1. The van der Waals surface area contributed by atoms with E-state index in [1.54, 1.807) is 6.92 Å². The number of carboxylic acids is 1. The average Bonchev–Trinajstić information content (AvgIpc) is 2.79.